The molecule has 0 aliphatic carbocycles. The largest absolute Gasteiger partial charge is 0.368 e. The number of hydrogen-bond donors (Lipinski definition) is 2. The number of nitrogens with zero attached hydrogens (tertiary/aromatic N) is 3. The molecule has 1 aromatic heterocycles. The summed E-state index contributed by atoms with van der Waals surface area (Å²) in [6.45, 7) is 5.69. The summed E-state index contributed by atoms with van der Waals surface area (Å²) in [5.41, 5.74) is 11.1. The second-order valence-corrected chi connectivity index (χ2v) is 3.44. The Morgan fingerprint density at radius 1 is 1.19 bits per heavy atom. The van der Waals surface area contributed by atoms with Gasteiger partial charge in [0.05, 0.1) is 0 Å². The maximum atomic E-state index is 5.54. The zero-order valence-electron chi connectivity index (χ0n) is 9.43. The van der Waals surface area contributed by atoms with Gasteiger partial charge in [-0.2, -0.15) is 15.0 Å². The number of anilines is 2. The molecule has 0 aliphatic heterocycles. The number of hydrogen-bond acceptors (Lipinski definition) is 5. The zero-order chi connectivity index (χ0) is 12.0. The van der Waals surface area contributed by atoms with Crippen LogP contribution in [-0.2, 0) is 0 Å². The van der Waals surface area contributed by atoms with Crippen molar-refractivity contribution in [2.45, 2.75) is 25.7 Å². The van der Waals surface area contributed by atoms with Crippen molar-refractivity contribution in [3.05, 3.63) is 30.6 Å². The van der Waals surface area contributed by atoms with Crippen molar-refractivity contribution < 1.29 is 0 Å². The zero-order valence-corrected chi connectivity index (χ0v) is 9.43. The third-order valence-corrected chi connectivity index (χ3v) is 2.16. The van der Waals surface area contributed by atoms with E-state index < -0.39 is 0 Å². The Labute approximate surface area is 95.3 Å². The maximum absolute atomic E-state index is 5.54. The molecule has 1 aromatic rings. The molecule has 1 atom stereocenters. The van der Waals surface area contributed by atoms with Crippen LogP contribution in [0.25, 0.3) is 0 Å². The molecule has 1 heterocycles. The van der Waals surface area contributed by atoms with Crippen LogP contribution in [0.3, 0.4) is 0 Å². The molecular formula is C11H17N5. The van der Waals surface area contributed by atoms with Crippen molar-refractivity contribution in [2.75, 3.05) is 11.5 Å². The van der Waals surface area contributed by atoms with Gasteiger partial charge in [-0.1, -0.05) is 18.2 Å². The molecule has 0 aromatic carbocycles. The quantitative estimate of drug-likeness (QED) is 0.735. The van der Waals surface area contributed by atoms with Crippen molar-refractivity contribution in [1.82, 2.24) is 15.0 Å². The minimum absolute atomic E-state index is 0.154. The summed E-state index contributed by atoms with van der Waals surface area (Å²) in [6, 6.07) is 0. The summed E-state index contributed by atoms with van der Waals surface area (Å²) in [4.78, 5) is 11.9. The highest BCUT2D eigenvalue weighted by Crippen LogP contribution is 2.21. The highest BCUT2D eigenvalue weighted by atomic mass is 15.1. The Bertz CT molecular complexity index is 366. The average molecular weight is 219 g/mol. The van der Waals surface area contributed by atoms with Gasteiger partial charge in [-0.25, -0.2) is 0 Å². The van der Waals surface area contributed by atoms with Crippen molar-refractivity contribution in [3.63, 3.8) is 0 Å². The predicted octanol–water partition coefficient (Wildman–Crippen LogP) is 1.66. The number of rotatable bonds is 5. The molecule has 0 saturated heterocycles. The Morgan fingerprint density at radius 3 is 2.31 bits per heavy atom. The molecule has 0 amide bonds. The van der Waals surface area contributed by atoms with E-state index in [1.807, 2.05) is 19.1 Å². The number of nitrogen functional groups attached to an aromatic ring is 2. The molecule has 1 rings (SSSR count). The van der Waals surface area contributed by atoms with Crippen molar-refractivity contribution in [1.29, 1.82) is 0 Å². The van der Waals surface area contributed by atoms with Gasteiger partial charge < -0.3 is 11.5 Å². The SMILES string of the molecule is C=CCC(C/C=C/C)c1nc(N)nc(N)n1. The normalized spacial score (nSPS) is 12.8. The minimum atomic E-state index is 0.154. The predicted molar refractivity (Wildman–Crippen MR) is 65.6 cm³/mol. The molecule has 0 fully saturated rings. The van der Waals surface area contributed by atoms with Crippen LogP contribution in [0.2, 0.25) is 0 Å². The first-order valence-electron chi connectivity index (χ1n) is 5.16. The van der Waals surface area contributed by atoms with Crippen molar-refractivity contribution >= 4 is 11.9 Å². The Balaban J connectivity index is 2.94. The second kappa shape index (κ2) is 5.85. The molecule has 86 valence electrons. The summed E-state index contributed by atoms with van der Waals surface area (Å²) in [6.07, 6.45) is 7.51. The van der Waals surface area contributed by atoms with E-state index >= 15 is 0 Å². The highest BCUT2D eigenvalue weighted by molar-refractivity contribution is 5.27. The molecule has 4 N–H and O–H groups in total. The lowest BCUT2D eigenvalue weighted by atomic mass is 10.0. The Kier molecular flexibility index (Phi) is 4.44. The van der Waals surface area contributed by atoms with Crippen LogP contribution in [0.1, 0.15) is 31.5 Å². The van der Waals surface area contributed by atoms with Gasteiger partial charge in [-0.05, 0) is 19.8 Å². The molecule has 0 bridgehead atoms. The van der Waals surface area contributed by atoms with E-state index in [0.717, 1.165) is 12.8 Å². The van der Waals surface area contributed by atoms with Gasteiger partial charge in [0.25, 0.3) is 0 Å². The van der Waals surface area contributed by atoms with Gasteiger partial charge in [0.15, 0.2) is 0 Å². The lowest BCUT2D eigenvalue weighted by Crippen LogP contribution is -2.10. The maximum Gasteiger partial charge on any atom is 0.225 e. The molecule has 5 nitrogen and oxygen atoms in total. The van der Waals surface area contributed by atoms with Crippen LogP contribution in [0.5, 0.6) is 0 Å². The smallest absolute Gasteiger partial charge is 0.225 e. The number of allylic oxidation sites excluding steroid dienone is 3. The Morgan fingerprint density at radius 2 is 1.81 bits per heavy atom. The summed E-state index contributed by atoms with van der Waals surface area (Å²) in [7, 11) is 0. The third-order valence-electron chi connectivity index (χ3n) is 2.16. The van der Waals surface area contributed by atoms with Gasteiger partial charge >= 0.3 is 0 Å². The summed E-state index contributed by atoms with van der Waals surface area (Å²) >= 11 is 0. The van der Waals surface area contributed by atoms with E-state index in [1.54, 1.807) is 0 Å². The molecule has 0 aliphatic rings. The number of nitrogens with two attached hydrogens (primary N) is 2. The van der Waals surface area contributed by atoms with Crippen LogP contribution in [0, 0.1) is 0 Å². The summed E-state index contributed by atoms with van der Waals surface area (Å²) in [5.74, 6) is 1.11. The van der Waals surface area contributed by atoms with Crippen molar-refractivity contribution in [3.8, 4) is 0 Å². The summed E-state index contributed by atoms with van der Waals surface area (Å²) in [5, 5.41) is 0. The fourth-order valence-corrected chi connectivity index (χ4v) is 1.42. The van der Waals surface area contributed by atoms with Gasteiger partial charge in [-0.3, -0.25) is 0 Å². The minimum Gasteiger partial charge on any atom is -0.368 e. The van der Waals surface area contributed by atoms with Gasteiger partial charge in [0.2, 0.25) is 11.9 Å². The van der Waals surface area contributed by atoms with Gasteiger partial charge in [-0.15, -0.1) is 6.58 Å². The number of aromatic nitrogens is 3. The monoisotopic (exact) mass is 219 g/mol. The summed E-state index contributed by atoms with van der Waals surface area (Å²) < 4.78 is 0. The van der Waals surface area contributed by atoms with Gasteiger partial charge in [0.1, 0.15) is 5.82 Å². The van der Waals surface area contributed by atoms with Crippen LogP contribution < -0.4 is 11.5 Å². The third kappa shape index (κ3) is 3.34. The van der Waals surface area contributed by atoms with E-state index in [-0.39, 0.29) is 17.8 Å². The standard InChI is InChI=1S/C11H17N5/c1-3-5-7-8(6-4-2)9-14-10(12)16-11(13)15-9/h3-5,8H,2,6-7H2,1H3,(H4,12,13,14,15,16)/b5-3+. The molecule has 0 radical (unpaired) electrons. The molecule has 1 unspecified atom stereocenters. The van der Waals surface area contributed by atoms with Crippen LogP contribution in [-0.4, -0.2) is 15.0 Å². The molecular weight excluding hydrogens is 202 g/mol. The lowest BCUT2D eigenvalue weighted by Gasteiger charge is -2.11. The second-order valence-electron chi connectivity index (χ2n) is 3.44. The van der Waals surface area contributed by atoms with Crippen LogP contribution in [0.4, 0.5) is 11.9 Å². The van der Waals surface area contributed by atoms with Crippen LogP contribution in [0.15, 0.2) is 24.8 Å². The fourth-order valence-electron chi connectivity index (χ4n) is 1.42. The molecule has 5 heteroatoms. The average Bonchev–Trinajstić information content (AvgIpc) is 2.22. The van der Waals surface area contributed by atoms with Crippen molar-refractivity contribution in [2.24, 2.45) is 0 Å². The first-order valence-corrected chi connectivity index (χ1v) is 5.16. The first kappa shape index (κ1) is 12.2. The fraction of sp³-hybridized carbons (Fsp3) is 0.364. The topological polar surface area (TPSA) is 90.7 Å². The van der Waals surface area contributed by atoms with Crippen LogP contribution >= 0.6 is 0 Å². The van der Waals surface area contributed by atoms with E-state index in [2.05, 4.69) is 27.6 Å². The van der Waals surface area contributed by atoms with E-state index in [4.69, 9.17) is 11.5 Å². The van der Waals surface area contributed by atoms with E-state index in [0.29, 0.717) is 5.82 Å². The lowest BCUT2D eigenvalue weighted by molar-refractivity contribution is 0.657. The van der Waals surface area contributed by atoms with E-state index in [9.17, 15) is 0 Å². The van der Waals surface area contributed by atoms with E-state index in [1.165, 1.54) is 0 Å². The highest BCUT2D eigenvalue weighted by Gasteiger charge is 2.13. The molecule has 0 saturated carbocycles. The molecule has 16 heavy (non-hydrogen) atoms. The van der Waals surface area contributed by atoms with Gasteiger partial charge in [0, 0.05) is 5.92 Å². The Hall–Kier alpha value is -1.91. The molecule has 0 spiro atoms. The first-order chi connectivity index (χ1) is 7.67.